The number of halogens is 1. The highest BCUT2D eigenvalue weighted by molar-refractivity contribution is 6.31. The number of esters is 1. The van der Waals surface area contributed by atoms with Gasteiger partial charge in [0.05, 0.1) is 20.8 Å². The minimum Gasteiger partial charge on any atom is -0.493 e. The van der Waals surface area contributed by atoms with Crippen LogP contribution in [0.4, 0.5) is 4.79 Å². The molecule has 0 bridgehead atoms. The van der Waals surface area contributed by atoms with Crippen molar-refractivity contribution in [2.75, 3.05) is 14.2 Å². The summed E-state index contributed by atoms with van der Waals surface area (Å²) in [5.74, 6) is -0.247. The minimum absolute atomic E-state index is 0.0258. The number of imide groups is 1. The molecule has 2 aromatic rings. The maximum atomic E-state index is 12.9. The van der Waals surface area contributed by atoms with E-state index in [-0.39, 0.29) is 23.8 Å². The van der Waals surface area contributed by atoms with Crippen molar-refractivity contribution >= 4 is 35.6 Å². The molecule has 2 heterocycles. The van der Waals surface area contributed by atoms with Crippen LogP contribution in [-0.2, 0) is 16.1 Å². The van der Waals surface area contributed by atoms with Gasteiger partial charge in [-0.05, 0) is 45.0 Å². The Kier molecular flexibility index (Phi) is 6.50. The smallest absolute Gasteiger partial charge is 0.373 e. The van der Waals surface area contributed by atoms with Crippen LogP contribution in [0, 0.1) is 0 Å². The zero-order chi connectivity index (χ0) is 23.6. The molecule has 170 valence electrons. The van der Waals surface area contributed by atoms with Gasteiger partial charge in [-0.25, -0.2) is 9.59 Å². The predicted octanol–water partition coefficient (Wildman–Crippen LogP) is 4.00. The fraction of sp³-hybridized carbons (Fsp3) is 0.318. The van der Waals surface area contributed by atoms with E-state index >= 15 is 0 Å². The number of benzene rings is 1. The number of amides is 3. The molecule has 0 spiro atoms. The van der Waals surface area contributed by atoms with Crippen molar-refractivity contribution in [1.29, 1.82) is 0 Å². The van der Waals surface area contributed by atoms with E-state index in [0.29, 0.717) is 22.1 Å². The van der Waals surface area contributed by atoms with Crippen LogP contribution in [0.15, 0.2) is 34.4 Å². The van der Waals surface area contributed by atoms with Gasteiger partial charge in [0, 0.05) is 16.7 Å². The summed E-state index contributed by atoms with van der Waals surface area (Å²) in [6.45, 7) is 5.44. The Bertz CT molecular complexity index is 1100. The molecule has 0 radical (unpaired) electrons. The van der Waals surface area contributed by atoms with Crippen molar-refractivity contribution in [1.82, 2.24) is 10.2 Å². The maximum absolute atomic E-state index is 12.9. The van der Waals surface area contributed by atoms with Crippen molar-refractivity contribution < 1.29 is 33.0 Å². The van der Waals surface area contributed by atoms with Gasteiger partial charge < -0.3 is 23.9 Å². The lowest BCUT2D eigenvalue weighted by atomic mass is 10.1. The molecule has 32 heavy (non-hydrogen) atoms. The van der Waals surface area contributed by atoms with Gasteiger partial charge in [0.2, 0.25) is 5.76 Å². The maximum Gasteiger partial charge on any atom is 0.373 e. The first kappa shape index (κ1) is 23.2. The molecule has 1 N–H and O–H groups in total. The Labute approximate surface area is 189 Å². The first-order chi connectivity index (χ1) is 15.0. The van der Waals surface area contributed by atoms with Crippen LogP contribution in [0.1, 0.15) is 42.6 Å². The second-order valence-corrected chi connectivity index (χ2v) is 8.31. The number of carbonyl (C=O) groups excluding carboxylic acids is 3. The molecule has 10 heteroatoms. The molecule has 1 saturated heterocycles. The summed E-state index contributed by atoms with van der Waals surface area (Å²) < 4.78 is 21.3. The summed E-state index contributed by atoms with van der Waals surface area (Å²) in [4.78, 5) is 37.8. The van der Waals surface area contributed by atoms with Crippen LogP contribution >= 0.6 is 11.6 Å². The number of urea groups is 1. The van der Waals surface area contributed by atoms with E-state index in [1.54, 1.807) is 12.1 Å². The number of rotatable bonds is 6. The molecule has 0 saturated carbocycles. The number of nitrogens with zero attached hydrogens (tertiary/aromatic N) is 1. The minimum atomic E-state index is -0.657. The summed E-state index contributed by atoms with van der Waals surface area (Å²) in [5, 5.41) is 2.91. The monoisotopic (exact) mass is 462 g/mol. The number of carbonyl (C=O) groups is 3. The van der Waals surface area contributed by atoms with E-state index < -0.39 is 23.5 Å². The highest BCUT2D eigenvalue weighted by Gasteiger charge is 2.35. The molecule has 1 fully saturated rings. The third-order valence-electron chi connectivity index (χ3n) is 4.30. The van der Waals surface area contributed by atoms with E-state index in [4.69, 9.17) is 25.5 Å². The lowest BCUT2D eigenvalue weighted by Crippen LogP contribution is -2.30. The van der Waals surface area contributed by atoms with Gasteiger partial charge in [-0.15, -0.1) is 0 Å². The van der Waals surface area contributed by atoms with Gasteiger partial charge in [-0.3, -0.25) is 9.69 Å². The molecule has 1 aromatic heterocycles. The van der Waals surface area contributed by atoms with E-state index in [1.165, 1.54) is 32.4 Å². The predicted molar refractivity (Wildman–Crippen MR) is 115 cm³/mol. The third-order valence-corrected chi connectivity index (χ3v) is 4.52. The average Bonchev–Trinajstić information content (AvgIpc) is 3.29. The molecule has 0 unspecified atom stereocenters. The molecule has 1 aromatic carbocycles. The fourth-order valence-electron chi connectivity index (χ4n) is 2.96. The van der Waals surface area contributed by atoms with Crippen molar-refractivity contribution in [2.45, 2.75) is 32.9 Å². The molecule has 1 aliphatic heterocycles. The fourth-order valence-corrected chi connectivity index (χ4v) is 3.18. The highest BCUT2D eigenvalue weighted by Crippen LogP contribution is 2.38. The van der Waals surface area contributed by atoms with Crippen LogP contribution in [0.3, 0.4) is 0 Å². The Hall–Kier alpha value is -3.46. The SMILES string of the molecule is COC(=O)c1ccc(CN2C(=O)N/C(=C\c3cc(Cl)cc(OC)c3OC(C)(C)C)C2=O)o1. The number of furan rings is 1. The van der Waals surface area contributed by atoms with E-state index in [1.807, 2.05) is 20.8 Å². The Morgan fingerprint density at radius 1 is 1.22 bits per heavy atom. The number of hydrogen-bond acceptors (Lipinski definition) is 7. The van der Waals surface area contributed by atoms with Crippen LogP contribution < -0.4 is 14.8 Å². The van der Waals surface area contributed by atoms with Gasteiger partial charge >= 0.3 is 12.0 Å². The van der Waals surface area contributed by atoms with Crippen LogP contribution in [0.25, 0.3) is 6.08 Å². The zero-order valence-electron chi connectivity index (χ0n) is 18.3. The topological polar surface area (TPSA) is 107 Å². The van der Waals surface area contributed by atoms with Crippen molar-refractivity contribution in [2.24, 2.45) is 0 Å². The average molecular weight is 463 g/mol. The van der Waals surface area contributed by atoms with Gasteiger partial charge in [-0.2, -0.15) is 0 Å². The largest absolute Gasteiger partial charge is 0.493 e. The van der Waals surface area contributed by atoms with Crippen molar-refractivity contribution in [3.05, 3.63) is 52.1 Å². The van der Waals surface area contributed by atoms with Gasteiger partial charge in [0.25, 0.3) is 5.91 Å². The first-order valence-corrected chi connectivity index (χ1v) is 9.98. The second kappa shape index (κ2) is 8.96. The van der Waals surface area contributed by atoms with Gasteiger partial charge in [-0.1, -0.05) is 11.6 Å². The van der Waals surface area contributed by atoms with Gasteiger partial charge in [0.15, 0.2) is 11.5 Å². The van der Waals surface area contributed by atoms with Crippen LogP contribution in [0.2, 0.25) is 5.02 Å². The highest BCUT2D eigenvalue weighted by atomic mass is 35.5. The van der Waals surface area contributed by atoms with E-state index in [0.717, 1.165) is 4.90 Å². The summed E-state index contributed by atoms with van der Waals surface area (Å²) in [5.41, 5.74) is -0.0708. The third kappa shape index (κ3) is 5.05. The van der Waals surface area contributed by atoms with Crippen molar-refractivity contribution in [3.8, 4) is 11.5 Å². The molecular weight excluding hydrogens is 440 g/mol. The molecule has 0 atom stereocenters. The summed E-state index contributed by atoms with van der Waals surface area (Å²) in [6.07, 6.45) is 1.47. The molecule has 9 nitrogen and oxygen atoms in total. The first-order valence-electron chi connectivity index (χ1n) is 9.60. The number of hydrogen-bond donors (Lipinski definition) is 1. The molecule has 0 aliphatic carbocycles. The van der Waals surface area contributed by atoms with E-state index in [9.17, 15) is 14.4 Å². The Morgan fingerprint density at radius 3 is 2.56 bits per heavy atom. The number of ether oxygens (including phenoxy) is 3. The molecule has 3 rings (SSSR count). The zero-order valence-corrected chi connectivity index (χ0v) is 19.0. The van der Waals surface area contributed by atoms with Gasteiger partial charge in [0.1, 0.15) is 17.1 Å². The Balaban J connectivity index is 1.91. The molecular formula is C22H23ClN2O7. The molecule has 1 aliphatic rings. The van der Waals surface area contributed by atoms with E-state index in [2.05, 4.69) is 10.1 Å². The summed E-state index contributed by atoms with van der Waals surface area (Å²) in [7, 11) is 2.70. The van der Waals surface area contributed by atoms with Crippen LogP contribution in [-0.4, -0.2) is 42.6 Å². The standard InChI is InChI=1S/C22H23ClN2O7/c1-22(2,3)32-18-12(8-13(23)10-17(18)29-4)9-15-19(26)25(21(28)24-15)11-14-6-7-16(31-14)20(27)30-5/h6-10H,11H2,1-5H3,(H,24,28)/b15-9-. The normalized spacial score (nSPS) is 15.2. The lowest BCUT2D eigenvalue weighted by molar-refractivity contribution is -0.123. The number of methoxy groups -OCH3 is 2. The summed E-state index contributed by atoms with van der Waals surface area (Å²) in [6, 6.07) is 5.47. The molecule has 3 amide bonds. The van der Waals surface area contributed by atoms with Crippen LogP contribution in [0.5, 0.6) is 11.5 Å². The second-order valence-electron chi connectivity index (χ2n) is 7.88. The Morgan fingerprint density at radius 2 is 1.94 bits per heavy atom. The lowest BCUT2D eigenvalue weighted by Gasteiger charge is -2.24. The number of nitrogens with one attached hydrogen (secondary N) is 1. The summed E-state index contributed by atoms with van der Waals surface area (Å²) >= 11 is 6.20. The van der Waals surface area contributed by atoms with Crippen molar-refractivity contribution in [3.63, 3.8) is 0 Å². The quantitative estimate of drug-likeness (QED) is 0.392.